The molecule has 1 aromatic carbocycles. The standard InChI is InChI=1S/C14H12ClFN2/c1-8-12-11(16)5-4-10(15)14(12)18-13(8)9-3-2-6-17-7-9/h2-8,13,18H,1H3. The minimum atomic E-state index is -0.208. The third-order valence-electron chi connectivity index (χ3n) is 3.44. The van der Waals surface area contributed by atoms with Gasteiger partial charge < -0.3 is 5.32 Å². The summed E-state index contributed by atoms with van der Waals surface area (Å²) in [7, 11) is 0. The Morgan fingerprint density at radius 1 is 1.33 bits per heavy atom. The van der Waals surface area contributed by atoms with Crippen LogP contribution >= 0.6 is 11.6 Å². The normalized spacial score (nSPS) is 21.5. The molecule has 0 spiro atoms. The Bertz CT molecular complexity index is 586. The molecule has 1 aromatic heterocycles. The summed E-state index contributed by atoms with van der Waals surface area (Å²) in [5.41, 5.74) is 2.41. The van der Waals surface area contributed by atoms with Crippen molar-refractivity contribution in [1.82, 2.24) is 4.98 Å². The number of pyridine rings is 1. The monoisotopic (exact) mass is 262 g/mol. The highest BCUT2D eigenvalue weighted by atomic mass is 35.5. The third-order valence-corrected chi connectivity index (χ3v) is 3.76. The Balaban J connectivity index is 2.07. The topological polar surface area (TPSA) is 24.9 Å². The molecular weight excluding hydrogens is 251 g/mol. The Labute approximate surface area is 110 Å². The van der Waals surface area contributed by atoms with E-state index in [4.69, 9.17) is 11.6 Å². The van der Waals surface area contributed by atoms with Crippen molar-refractivity contribution in [2.75, 3.05) is 5.32 Å². The van der Waals surface area contributed by atoms with E-state index in [1.165, 1.54) is 6.07 Å². The van der Waals surface area contributed by atoms with Crippen molar-refractivity contribution in [1.29, 1.82) is 0 Å². The maximum Gasteiger partial charge on any atom is 0.128 e. The van der Waals surface area contributed by atoms with E-state index in [0.29, 0.717) is 16.3 Å². The highest BCUT2D eigenvalue weighted by Gasteiger charge is 2.33. The first-order valence-corrected chi connectivity index (χ1v) is 6.20. The fourth-order valence-electron chi connectivity index (χ4n) is 2.54. The smallest absolute Gasteiger partial charge is 0.128 e. The molecule has 2 heterocycles. The average Bonchev–Trinajstić information content (AvgIpc) is 2.74. The van der Waals surface area contributed by atoms with E-state index in [2.05, 4.69) is 10.3 Å². The molecule has 0 amide bonds. The van der Waals surface area contributed by atoms with Crippen molar-refractivity contribution in [3.8, 4) is 0 Å². The second kappa shape index (κ2) is 4.25. The van der Waals surface area contributed by atoms with Crippen LogP contribution in [-0.2, 0) is 0 Å². The summed E-state index contributed by atoms with van der Waals surface area (Å²) in [5, 5.41) is 3.86. The molecule has 1 aliphatic rings. The van der Waals surface area contributed by atoms with E-state index < -0.39 is 0 Å². The summed E-state index contributed by atoms with van der Waals surface area (Å²) in [6.45, 7) is 2.00. The molecule has 3 rings (SSSR count). The van der Waals surface area contributed by atoms with Crippen molar-refractivity contribution < 1.29 is 4.39 Å². The molecule has 0 aliphatic carbocycles. The molecule has 1 N–H and O–H groups in total. The first kappa shape index (κ1) is 11.5. The van der Waals surface area contributed by atoms with Crippen LogP contribution in [0.1, 0.15) is 30.0 Å². The van der Waals surface area contributed by atoms with Crippen LogP contribution in [-0.4, -0.2) is 4.98 Å². The largest absolute Gasteiger partial charge is 0.376 e. The van der Waals surface area contributed by atoms with Gasteiger partial charge in [-0.25, -0.2) is 4.39 Å². The van der Waals surface area contributed by atoms with Crippen LogP contribution in [0.25, 0.3) is 0 Å². The lowest BCUT2D eigenvalue weighted by atomic mass is 9.93. The number of hydrogen-bond acceptors (Lipinski definition) is 2. The Hall–Kier alpha value is -1.61. The lowest BCUT2D eigenvalue weighted by molar-refractivity contribution is 0.581. The van der Waals surface area contributed by atoms with Crippen molar-refractivity contribution in [2.45, 2.75) is 18.9 Å². The molecular formula is C14H12ClFN2. The van der Waals surface area contributed by atoms with E-state index >= 15 is 0 Å². The van der Waals surface area contributed by atoms with Crippen LogP contribution < -0.4 is 5.32 Å². The number of hydrogen-bond donors (Lipinski definition) is 1. The van der Waals surface area contributed by atoms with E-state index in [0.717, 1.165) is 5.56 Å². The molecule has 0 fully saturated rings. The highest BCUT2D eigenvalue weighted by molar-refractivity contribution is 6.33. The minimum absolute atomic E-state index is 0.0168. The zero-order chi connectivity index (χ0) is 12.7. The predicted octanol–water partition coefficient (Wildman–Crippen LogP) is 4.14. The summed E-state index contributed by atoms with van der Waals surface area (Å²) in [5.74, 6) is -0.177. The van der Waals surface area contributed by atoms with Gasteiger partial charge in [-0.2, -0.15) is 0 Å². The second-order valence-corrected chi connectivity index (χ2v) is 4.92. The average molecular weight is 263 g/mol. The van der Waals surface area contributed by atoms with Gasteiger partial charge in [-0.05, 0) is 23.8 Å². The van der Waals surface area contributed by atoms with Crippen LogP contribution in [0.4, 0.5) is 10.1 Å². The number of anilines is 1. The van der Waals surface area contributed by atoms with Gasteiger partial charge in [-0.15, -0.1) is 0 Å². The minimum Gasteiger partial charge on any atom is -0.376 e. The van der Waals surface area contributed by atoms with Crippen LogP contribution in [0.3, 0.4) is 0 Å². The van der Waals surface area contributed by atoms with Crippen molar-refractivity contribution >= 4 is 17.3 Å². The molecule has 4 heteroatoms. The number of benzene rings is 1. The Kier molecular flexibility index (Phi) is 2.71. The number of fused-ring (bicyclic) bond motifs is 1. The number of nitrogens with one attached hydrogen (secondary N) is 1. The lowest BCUT2D eigenvalue weighted by Crippen LogP contribution is -2.09. The van der Waals surface area contributed by atoms with Gasteiger partial charge in [0.2, 0.25) is 0 Å². The van der Waals surface area contributed by atoms with Crippen LogP contribution in [0.2, 0.25) is 5.02 Å². The molecule has 0 bridgehead atoms. The lowest BCUT2D eigenvalue weighted by Gasteiger charge is -2.16. The summed E-state index contributed by atoms with van der Waals surface area (Å²) >= 11 is 6.11. The molecule has 0 saturated heterocycles. The molecule has 2 unspecified atom stereocenters. The van der Waals surface area contributed by atoms with E-state index in [9.17, 15) is 4.39 Å². The number of nitrogens with zero attached hydrogens (tertiary/aromatic N) is 1. The molecule has 92 valence electrons. The third kappa shape index (κ3) is 1.66. The van der Waals surface area contributed by atoms with Gasteiger partial charge in [0.1, 0.15) is 5.82 Å². The van der Waals surface area contributed by atoms with Gasteiger partial charge in [-0.3, -0.25) is 4.98 Å². The number of aromatic nitrogens is 1. The van der Waals surface area contributed by atoms with Crippen molar-refractivity contribution in [3.63, 3.8) is 0 Å². The van der Waals surface area contributed by atoms with Crippen LogP contribution in [0.15, 0.2) is 36.7 Å². The van der Waals surface area contributed by atoms with Crippen molar-refractivity contribution in [2.24, 2.45) is 0 Å². The van der Waals surface area contributed by atoms with Crippen LogP contribution in [0, 0.1) is 5.82 Å². The van der Waals surface area contributed by atoms with Crippen molar-refractivity contribution in [3.05, 3.63) is 58.6 Å². The number of rotatable bonds is 1. The maximum atomic E-state index is 13.9. The fraction of sp³-hybridized carbons (Fsp3) is 0.214. The second-order valence-electron chi connectivity index (χ2n) is 4.51. The van der Waals surface area contributed by atoms with Gasteiger partial charge in [0.15, 0.2) is 0 Å². The molecule has 0 radical (unpaired) electrons. The summed E-state index contributed by atoms with van der Waals surface area (Å²) < 4.78 is 13.9. The predicted molar refractivity (Wildman–Crippen MR) is 70.4 cm³/mol. The van der Waals surface area contributed by atoms with Gasteiger partial charge in [-0.1, -0.05) is 24.6 Å². The van der Waals surface area contributed by atoms with E-state index in [-0.39, 0.29) is 17.8 Å². The molecule has 2 atom stereocenters. The van der Waals surface area contributed by atoms with Gasteiger partial charge in [0.05, 0.1) is 16.8 Å². The van der Waals surface area contributed by atoms with Gasteiger partial charge >= 0.3 is 0 Å². The highest BCUT2D eigenvalue weighted by Crippen LogP contribution is 2.47. The quantitative estimate of drug-likeness (QED) is 0.835. The molecule has 0 saturated carbocycles. The van der Waals surface area contributed by atoms with E-state index in [1.54, 1.807) is 18.5 Å². The molecule has 18 heavy (non-hydrogen) atoms. The van der Waals surface area contributed by atoms with E-state index in [1.807, 2.05) is 19.1 Å². The number of halogens is 2. The first-order valence-electron chi connectivity index (χ1n) is 5.83. The van der Waals surface area contributed by atoms with Gasteiger partial charge in [0, 0.05) is 23.9 Å². The van der Waals surface area contributed by atoms with Gasteiger partial charge in [0.25, 0.3) is 0 Å². The summed E-state index contributed by atoms with van der Waals surface area (Å²) in [6, 6.07) is 6.89. The molecule has 2 aromatic rings. The zero-order valence-electron chi connectivity index (χ0n) is 9.82. The van der Waals surface area contributed by atoms with Crippen LogP contribution in [0.5, 0.6) is 0 Å². The maximum absolute atomic E-state index is 13.9. The molecule has 2 nitrogen and oxygen atoms in total. The SMILES string of the molecule is CC1c2c(F)ccc(Cl)c2NC1c1cccnc1. The Morgan fingerprint density at radius 3 is 2.83 bits per heavy atom. The summed E-state index contributed by atoms with van der Waals surface area (Å²) in [4.78, 5) is 4.10. The Morgan fingerprint density at radius 2 is 2.17 bits per heavy atom. The fourth-order valence-corrected chi connectivity index (χ4v) is 2.76. The first-order chi connectivity index (χ1) is 8.68. The zero-order valence-corrected chi connectivity index (χ0v) is 10.6. The summed E-state index contributed by atoms with van der Waals surface area (Å²) in [6.07, 6.45) is 3.52. The molecule has 1 aliphatic heterocycles.